The van der Waals surface area contributed by atoms with Crippen molar-refractivity contribution in [2.75, 3.05) is 12.3 Å². The van der Waals surface area contributed by atoms with Gasteiger partial charge in [0, 0.05) is 5.69 Å². The Morgan fingerprint density at radius 2 is 2.16 bits per heavy atom. The molecule has 4 nitrogen and oxygen atoms in total. The molecule has 0 aliphatic heterocycles. The van der Waals surface area contributed by atoms with Crippen LogP contribution in [0.15, 0.2) is 18.2 Å². The molecule has 1 aromatic carbocycles. The number of carbonyl (C=O) groups excluding carboxylic acids is 1. The maximum atomic E-state index is 13.0. The number of amides is 1. The predicted molar refractivity (Wildman–Crippen MR) is 71.9 cm³/mol. The standard InChI is InChI=1S/C14H17FN2O2/c1-14(2,3)19-13(18)17-8-4-5-10-9-11(15)6-7-12(10)16/h6-7,9H,8,16H2,1-3H3,(H,17,18). The summed E-state index contributed by atoms with van der Waals surface area (Å²) < 4.78 is 18.0. The molecule has 1 rings (SSSR count). The van der Waals surface area contributed by atoms with E-state index in [1.807, 2.05) is 0 Å². The Bertz CT molecular complexity index is 524. The van der Waals surface area contributed by atoms with Crippen LogP contribution in [0, 0.1) is 17.7 Å². The zero-order valence-electron chi connectivity index (χ0n) is 11.2. The number of halogens is 1. The van der Waals surface area contributed by atoms with Gasteiger partial charge in [-0.25, -0.2) is 9.18 Å². The van der Waals surface area contributed by atoms with E-state index in [2.05, 4.69) is 17.2 Å². The Kier molecular flexibility index (Phi) is 4.76. The lowest BCUT2D eigenvalue weighted by Crippen LogP contribution is -2.32. The molecule has 0 unspecified atom stereocenters. The van der Waals surface area contributed by atoms with Gasteiger partial charge in [-0.3, -0.25) is 0 Å². The van der Waals surface area contributed by atoms with Crippen molar-refractivity contribution in [2.24, 2.45) is 0 Å². The largest absolute Gasteiger partial charge is 0.444 e. The highest BCUT2D eigenvalue weighted by atomic mass is 19.1. The summed E-state index contributed by atoms with van der Waals surface area (Å²) in [5, 5.41) is 2.47. The van der Waals surface area contributed by atoms with Crippen LogP contribution >= 0.6 is 0 Å². The van der Waals surface area contributed by atoms with Crippen molar-refractivity contribution in [3.8, 4) is 11.8 Å². The lowest BCUT2D eigenvalue weighted by atomic mass is 10.2. The van der Waals surface area contributed by atoms with E-state index in [0.29, 0.717) is 11.3 Å². The van der Waals surface area contributed by atoms with E-state index < -0.39 is 17.5 Å². The SMILES string of the molecule is CC(C)(C)OC(=O)NCC#Cc1cc(F)ccc1N. The number of rotatable bonds is 1. The number of hydrogen-bond acceptors (Lipinski definition) is 3. The summed E-state index contributed by atoms with van der Waals surface area (Å²) in [4.78, 5) is 11.3. The van der Waals surface area contributed by atoms with Crippen molar-refractivity contribution in [1.29, 1.82) is 0 Å². The Morgan fingerprint density at radius 1 is 1.47 bits per heavy atom. The highest BCUT2D eigenvalue weighted by molar-refractivity contribution is 5.68. The first kappa shape index (κ1) is 14.8. The summed E-state index contributed by atoms with van der Waals surface area (Å²) >= 11 is 0. The van der Waals surface area contributed by atoms with Crippen LogP contribution in [0.2, 0.25) is 0 Å². The molecule has 3 N–H and O–H groups in total. The van der Waals surface area contributed by atoms with Crippen molar-refractivity contribution in [2.45, 2.75) is 26.4 Å². The zero-order valence-corrected chi connectivity index (χ0v) is 11.2. The van der Waals surface area contributed by atoms with Crippen molar-refractivity contribution in [3.05, 3.63) is 29.6 Å². The number of nitrogens with one attached hydrogen (secondary N) is 1. The molecule has 0 heterocycles. The van der Waals surface area contributed by atoms with Crippen LogP contribution < -0.4 is 11.1 Å². The molecule has 0 aliphatic rings. The molecule has 0 bridgehead atoms. The lowest BCUT2D eigenvalue weighted by Gasteiger charge is -2.19. The van der Waals surface area contributed by atoms with Gasteiger partial charge < -0.3 is 15.8 Å². The molecule has 0 saturated heterocycles. The summed E-state index contributed by atoms with van der Waals surface area (Å²) in [5.41, 5.74) is 5.87. The molecule has 102 valence electrons. The second kappa shape index (κ2) is 6.10. The number of carbonyl (C=O) groups is 1. The third kappa shape index (κ3) is 5.77. The van der Waals surface area contributed by atoms with Crippen molar-refractivity contribution >= 4 is 11.8 Å². The number of nitrogens with two attached hydrogens (primary N) is 1. The fourth-order valence-corrected chi connectivity index (χ4v) is 1.21. The van der Waals surface area contributed by atoms with Gasteiger partial charge in [0.05, 0.1) is 12.1 Å². The van der Waals surface area contributed by atoms with Crippen LogP contribution in [0.5, 0.6) is 0 Å². The molecule has 1 amide bonds. The van der Waals surface area contributed by atoms with Crippen LogP contribution in [0.3, 0.4) is 0 Å². The van der Waals surface area contributed by atoms with Crippen LogP contribution in [-0.2, 0) is 4.74 Å². The fraction of sp³-hybridized carbons (Fsp3) is 0.357. The summed E-state index contributed by atoms with van der Waals surface area (Å²) in [6, 6.07) is 3.95. The highest BCUT2D eigenvalue weighted by Gasteiger charge is 2.14. The van der Waals surface area contributed by atoms with Gasteiger partial charge in [-0.1, -0.05) is 11.8 Å². The van der Waals surface area contributed by atoms with E-state index in [9.17, 15) is 9.18 Å². The second-order valence-corrected chi connectivity index (χ2v) is 4.89. The van der Waals surface area contributed by atoms with Crippen molar-refractivity contribution < 1.29 is 13.9 Å². The molecule has 1 aromatic rings. The fourth-order valence-electron chi connectivity index (χ4n) is 1.21. The third-order valence-corrected chi connectivity index (χ3v) is 1.96. The first-order valence-electron chi connectivity index (χ1n) is 5.79. The summed E-state index contributed by atoms with van der Waals surface area (Å²) in [6.45, 7) is 5.41. The van der Waals surface area contributed by atoms with Gasteiger partial charge in [0.1, 0.15) is 11.4 Å². The van der Waals surface area contributed by atoms with Gasteiger partial charge >= 0.3 is 6.09 Å². The third-order valence-electron chi connectivity index (χ3n) is 1.96. The first-order chi connectivity index (χ1) is 8.78. The topological polar surface area (TPSA) is 64.3 Å². The van der Waals surface area contributed by atoms with Crippen LogP contribution in [0.4, 0.5) is 14.9 Å². The smallest absolute Gasteiger partial charge is 0.408 e. The monoisotopic (exact) mass is 264 g/mol. The van der Waals surface area contributed by atoms with Gasteiger partial charge in [-0.2, -0.15) is 0 Å². The molecule has 0 radical (unpaired) electrons. The minimum Gasteiger partial charge on any atom is -0.444 e. The molecule has 0 atom stereocenters. The van der Waals surface area contributed by atoms with Gasteiger partial charge in [-0.15, -0.1) is 0 Å². The Hall–Kier alpha value is -2.22. The predicted octanol–water partition coefficient (Wildman–Crippen LogP) is 2.28. The molecule has 0 saturated carbocycles. The quantitative estimate of drug-likeness (QED) is 0.604. The minimum atomic E-state index is -0.551. The number of ether oxygens (including phenoxy) is 1. The van der Waals surface area contributed by atoms with Crippen LogP contribution in [-0.4, -0.2) is 18.2 Å². The van der Waals surface area contributed by atoms with E-state index in [4.69, 9.17) is 10.5 Å². The Morgan fingerprint density at radius 3 is 2.79 bits per heavy atom. The van der Waals surface area contributed by atoms with E-state index in [-0.39, 0.29) is 6.54 Å². The molecular weight excluding hydrogens is 247 g/mol. The van der Waals surface area contributed by atoms with Crippen molar-refractivity contribution in [1.82, 2.24) is 5.32 Å². The van der Waals surface area contributed by atoms with E-state index in [1.54, 1.807) is 20.8 Å². The second-order valence-electron chi connectivity index (χ2n) is 4.89. The number of benzene rings is 1. The van der Waals surface area contributed by atoms with Gasteiger partial charge in [-0.05, 0) is 39.0 Å². The molecule has 0 aliphatic carbocycles. The Labute approximate surface area is 112 Å². The normalized spacial score (nSPS) is 10.3. The van der Waals surface area contributed by atoms with Gasteiger partial charge in [0.15, 0.2) is 0 Å². The number of anilines is 1. The van der Waals surface area contributed by atoms with Gasteiger partial charge in [0.2, 0.25) is 0 Å². The maximum absolute atomic E-state index is 13.0. The van der Waals surface area contributed by atoms with E-state index >= 15 is 0 Å². The minimum absolute atomic E-state index is 0.102. The Balaban J connectivity index is 2.52. The van der Waals surface area contributed by atoms with E-state index in [0.717, 1.165) is 0 Å². The number of nitrogen functional groups attached to an aromatic ring is 1. The first-order valence-corrected chi connectivity index (χ1v) is 5.79. The van der Waals surface area contributed by atoms with Crippen LogP contribution in [0.1, 0.15) is 26.3 Å². The molecular formula is C14H17FN2O2. The van der Waals surface area contributed by atoms with E-state index in [1.165, 1.54) is 18.2 Å². The lowest BCUT2D eigenvalue weighted by molar-refractivity contribution is 0.0535. The average Bonchev–Trinajstić information content (AvgIpc) is 2.26. The summed E-state index contributed by atoms with van der Waals surface area (Å²) in [6.07, 6.45) is -0.547. The molecule has 0 spiro atoms. The van der Waals surface area contributed by atoms with Crippen molar-refractivity contribution in [3.63, 3.8) is 0 Å². The number of hydrogen-bond donors (Lipinski definition) is 2. The van der Waals surface area contributed by atoms with Crippen LogP contribution in [0.25, 0.3) is 0 Å². The summed E-state index contributed by atoms with van der Waals surface area (Å²) in [7, 11) is 0. The maximum Gasteiger partial charge on any atom is 0.408 e. The molecule has 5 heteroatoms. The molecule has 0 fully saturated rings. The zero-order chi connectivity index (χ0) is 14.5. The average molecular weight is 264 g/mol. The number of alkyl carbamates (subject to hydrolysis) is 1. The highest BCUT2D eigenvalue weighted by Crippen LogP contribution is 2.11. The summed E-state index contributed by atoms with van der Waals surface area (Å²) in [5.74, 6) is 4.96. The molecule has 19 heavy (non-hydrogen) atoms. The molecule has 0 aromatic heterocycles. The van der Waals surface area contributed by atoms with Gasteiger partial charge in [0.25, 0.3) is 0 Å².